The molecule has 0 aromatic heterocycles. The van der Waals surface area contributed by atoms with Crippen LogP contribution in [-0.2, 0) is 28.6 Å². The van der Waals surface area contributed by atoms with E-state index in [1.165, 1.54) is 289 Å². The quantitative estimate of drug-likeness (QED) is 0.0343. The van der Waals surface area contributed by atoms with Crippen molar-refractivity contribution in [2.45, 2.75) is 393 Å². The van der Waals surface area contributed by atoms with Gasteiger partial charge in [0.15, 0.2) is 6.10 Å². The van der Waals surface area contributed by atoms with Crippen molar-refractivity contribution >= 4 is 17.9 Å². The second-order valence-corrected chi connectivity index (χ2v) is 22.8. The summed E-state index contributed by atoms with van der Waals surface area (Å²) in [4.78, 5) is 38.1. The normalized spacial score (nSPS) is 11.9. The van der Waals surface area contributed by atoms with Gasteiger partial charge in [-0.15, -0.1) is 0 Å². The predicted molar refractivity (Wildman–Crippen MR) is 312 cm³/mol. The van der Waals surface area contributed by atoms with Crippen LogP contribution in [0.2, 0.25) is 0 Å². The molecular weight excluding hydrogens is 889 g/mol. The van der Waals surface area contributed by atoms with Crippen LogP contribution >= 0.6 is 0 Å². The molecule has 0 aliphatic carbocycles. The maximum Gasteiger partial charge on any atom is 0.306 e. The molecule has 0 fully saturated rings. The molecule has 6 heteroatoms. The maximum atomic E-state index is 12.9. The number of ether oxygens (including phenoxy) is 3. The molecule has 0 amide bonds. The van der Waals surface area contributed by atoms with E-state index < -0.39 is 6.10 Å². The molecule has 0 saturated carbocycles. The Labute approximate surface area is 450 Å². The van der Waals surface area contributed by atoms with Gasteiger partial charge in [-0.05, 0) is 19.3 Å². The van der Waals surface area contributed by atoms with E-state index in [1.54, 1.807) is 0 Å². The average Bonchev–Trinajstić information content (AvgIpc) is 3.38. The molecule has 72 heavy (non-hydrogen) atoms. The number of unbranched alkanes of at least 4 members (excludes halogenated alkanes) is 51. The highest BCUT2D eigenvalue weighted by Gasteiger charge is 2.19. The van der Waals surface area contributed by atoms with Crippen LogP contribution in [0.4, 0.5) is 0 Å². The van der Waals surface area contributed by atoms with Crippen molar-refractivity contribution in [3.63, 3.8) is 0 Å². The van der Waals surface area contributed by atoms with Crippen LogP contribution in [0.25, 0.3) is 0 Å². The van der Waals surface area contributed by atoms with Crippen LogP contribution < -0.4 is 0 Å². The van der Waals surface area contributed by atoms with Gasteiger partial charge >= 0.3 is 17.9 Å². The first-order chi connectivity index (χ1) is 35.5. The molecule has 0 saturated heterocycles. The Morgan fingerprint density at radius 2 is 0.375 bits per heavy atom. The zero-order valence-corrected chi connectivity index (χ0v) is 49.2. The molecule has 0 aliphatic rings. The standard InChI is InChI=1S/C66H128O6/c1-4-7-10-13-16-19-21-23-25-27-29-31-32-33-34-36-37-39-41-43-45-47-50-53-56-59-65(68)71-62-63(61-70-64(67)58-55-52-49-18-15-12-9-6-3)72-66(69)60-57-54-51-48-46-44-42-40-38-35-30-28-26-24-22-20-17-14-11-8-5-2/h63H,4-62H2,1-3H3. The Kier molecular flexibility index (Phi) is 60.6. The van der Waals surface area contributed by atoms with Gasteiger partial charge in [-0.25, -0.2) is 0 Å². The number of rotatable bonds is 62. The minimum absolute atomic E-state index is 0.0611. The summed E-state index contributed by atoms with van der Waals surface area (Å²) in [5, 5.41) is 0. The van der Waals surface area contributed by atoms with Gasteiger partial charge in [0.25, 0.3) is 0 Å². The average molecular weight is 1020 g/mol. The zero-order chi connectivity index (χ0) is 52.2. The van der Waals surface area contributed by atoms with Gasteiger partial charge in [0, 0.05) is 19.3 Å². The summed E-state index contributed by atoms with van der Waals surface area (Å²) < 4.78 is 16.9. The molecule has 0 bridgehead atoms. The SMILES string of the molecule is CCCCCCCCCCCCCCCCCCCCCCCCCCCC(=O)OCC(COC(=O)CCCCCCCCCC)OC(=O)CCCCCCCCCCCCCCCCCCCCCCC. The minimum atomic E-state index is -0.761. The highest BCUT2D eigenvalue weighted by Crippen LogP contribution is 2.19. The molecule has 0 radical (unpaired) electrons. The van der Waals surface area contributed by atoms with Gasteiger partial charge in [0.1, 0.15) is 13.2 Å². The molecule has 0 aliphatic heterocycles. The van der Waals surface area contributed by atoms with E-state index in [4.69, 9.17) is 14.2 Å². The fourth-order valence-electron chi connectivity index (χ4n) is 10.4. The van der Waals surface area contributed by atoms with E-state index >= 15 is 0 Å². The molecule has 0 spiro atoms. The van der Waals surface area contributed by atoms with Gasteiger partial charge in [-0.1, -0.05) is 348 Å². The van der Waals surface area contributed by atoms with Crippen LogP contribution in [0.5, 0.6) is 0 Å². The first-order valence-electron chi connectivity index (χ1n) is 33.0. The maximum absolute atomic E-state index is 12.9. The van der Waals surface area contributed by atoms with Crippen LogP contribution in [0.3, 0.4) is 0 Å². The summed E-state index contributed by atoms with van der Waals surface area (Å²) in [6.07, 6.45) is 71.4. The van der Waals surface area contributed by atoms with Crippen molar-refractivity contribution in [1.29, 1.82) is 0 Å². The second-order valence-electron chi connectivity index (χ2n) is 22.8. The Morgan fingerprint density at radius 3 is 0.556 bits per heavy atom. The third-order valence-electron chi connectivity index (χ3n) is 15.4. The fourth-order valence-corrected chi connectivity index (χ4v) is 10.4. The van der Waals surface area contributed by atoms with Crippen molar-refractivity contribution in [3.8, 4) is 0 Å². The monoisotopic (exact) mass is 1020 g/mol. The summed E-state index contributed by atoms with van der Waals surface area (Å²) in [7, 11) is 0. The minimum Gasteiger partial charge on any atom is -0.462 e. The van der Waals surface area contributed by atoms with E-state index in [-0.39, 0.29) is 31.1 Å². The van der Waals surface area contributed by atoms with Crippen LogP contribution in [0.15, 0.2) is 0 Å². The van der Waals surface area contributed by atoms with E-state index in [2.05, 4.69) is 20.8 Å². The van der Waals surface area contributed by atoms with E-state index in [0.717, 1.165) is 57.8 Å². The molecular formula is C66H128O6. The smallest absolute Gasteiger partial charge is 0.306 e. The van der Waals surface area contributed by atoms with Gasteiger partial charge in [-0.2, -0.15) is 0 Å². The van der Waals surface area contributed by atoms with Crippen molar-refractivity contribution in [2.75, 3.05) is 13.2 Å². The van der Waals surface area contributed by atoms with Gasteiger partial charge < -0.3 is 14.2 Å². The molecule has 0 aromatic carbocycles. The van der Waals surface area contributed by atoms with E-state index in [9.17, 15) is 14.4 Å². The fraction of sp³-hybridized carbons (Fsp3) is 0.955. The lowest BCUT2D eigenvalue weighted by Gasteiger charge is -2.18. The van der Waals surface area contributed by atoms with Gasteiger partial charge in [-0.3, -0.25) is 14.4 Å². The molecule has 0 heterocycles. The lowest BCUT2D eigenvalue weighted by Crippen LogP contribution is -2.30. The summed E-state index contributed by atoms with van der Waals surface area (Å²) in [6.45, 7) is 6.70. The topological polar surface area (TPSA) is 78.9 Å². The first kappa shape index (κ1) is 70.4. The summed E-state index contributed by atoms with van der Waals surface area (Å²) in [5.74, 6) is -0.832. The third kappa shape index (κ3) is 59.3. The van der Waals surface area contributed by atoms with Crippen molar-refractivity contribution in [1.82, 2.24) is 0 Å². The number of carbonyl (C=O) groups is 3. The van der Waals surface area contributed by atoms with Crippen molar-refractivity contribution in [3.05, 3.63) is 0 Å². The largest absolute Gasteiger partial charge is 0.462 e. The number of hydrogen-bond acceptors (Lipinski definition) is 6. The van der Waals surface area contributed by atoms with Crippen LogP contribution in [0, 0.1) is 0 Å². The molecule has 0 rings (SSSR count). The van der Waals surface area contributed by atoms with E-state index in [0.29, 0.717) is 19.3 Å². The third-order valence-corrected chi connectivity index (χ3v) is 15.4. The molecule has 0 N–H and O–H groups in total. The lowest BCUT2D eigenvalue weighted by atomic mass is 10.0. The molecule has 1 atom stereocenters. The van der Waals surface area contributed by atoms with Crippen LogP contribution in [0.1, 0.15) is 387 Å². The summed E-state index contributed by atoms with van der Waals surface area (Å²) in [6, 6.07) is 0. The number of carbonyl (C=O) groups excluding carboxylic acids is 3. The van der Waals surface area contributed by atoms with Crippen molar-refractivity contribution in [2.24, 2.45) is 0 Å². The van der Waals surface area contributed by atoms with Gasteiger partial charge in [0.05, 0.1) is 0 Å². The predicted octanol–water partition coefficient (Wildman–Crippen LogP) is 22.3. The second kappa shape index (κ2) is 62.0. The molecule has 6 nitrogen and oxygen atoms in total. The summed E-state index contributed by atoms with van der Waals surface area (Å²) in [5.41, 5.74) is 0. The highest BCUT2D eigenvalue weighted by molar-refractivity contribution is 5.71. The first-order valence-corrected chi connectivity index (χ1v) is 33.0. The van der Waals surface area contributed by atoms with Crippen LogP contribution in [-0.4, -0.2) is 37.2 Å². The Morgan fingerprint density at radius 1 is 0.222 bits per heavy atom. The molecule has 428 valence electrons. The Balaban J connectivity index is 4.07. The van der Waals surface area contributed by atoms with Gasteiger partial charge in [0.2, 0.25) is 0 Å². The lowest BCUT2D eigenvalue weighted by molar-refractivity contribution is -0.167. The van der Waals surface area contributed by atoms with E-state index in [1.807, 2.05) is 0 Å². The molecule has 0 aromatic rings. The molecule has 1 unspecified atom stereocenters. The highest BCUT2D eigenvalue weighted by atomic mass is 16.6. The Bertz CT molecular complexity index is 1080. The number of hydrogen-bond donors (Lipinski definition) is 0. The number of esters is 3. The summed E-state index contributed by atoms with van der Waals surface area (Å²) >= 11 is 0. The van der Waals surface area contributed by atoms with Crippen molar-refractivity contribution < 1.29 is 28.6 Å². The Hall–Kier alpha value is -1.59. The zero-order valence-electron chi connectivity index (χ0n) is 49.2.